The average Bonchev–Trinajstić information content (AvgIpc) is 3.17. The van der Waals surface area contributed by atoms with Gasteiger partial charge in [-0.05, 0) is 53.0 Å². The van der Waals surface area contributed by atoms with Crippen molar-refractivity contribution in [2.24, 2.45) is 0 Å². The van der Waals surface area contributed by atoms with Crippen molar-refractivity contribution in [2.75, 3.05) is 13.1 Å². The fourth-order valence-corrected chi connectivity index (χ4v) is 3.95. The Morgan fingerprint density at radius 3 is 2.32 bits per heavy atom. The van der Waals surface area contributed by atoms with E-state index in [9.17, 15) is 13.6 Å². The Morgan fingerprint density at radius 1 is 1.21 bits per heavy atom. The summed E-state index contributed by atoms with van der Waals surface area (Å²) in [5, 5.41) is 4.51. The van der Waals surface area contributed by atoms with Crippen LogP contribution in [0, 0.1) is 6.92 Å². The molecular weight excluding hydrogens is 364 g/mol. The number of ether oxygens (including phenoxy) is 1. The number of piperidine rings is 1. The second kappa shape index (κ2) is 8.78. The molecule has 0 spiro atoms. The number of nitrogens with zero attached hydrogens (tertiary/aromatic N) is 3. The number of aromatic nitrogens is 2. The predicted molar refractivity (Wildman–Crippen MR) is 106 cm³/mol. The maximum Gasteiger partial charge on any atom is 0.410 e. The van der Waals surface area contributed by atoms with E-state index in [4.69, 9.17) is 4.74 Å². The molecule has 2 heterocycles. The van der Waals surface area contributed by atoms with E-state index in [0.717, 1.165) is 24.2 Å². The minimum atomic E-state index is -2.58. The summed E-state index contributed by atoms with van der Waals surface area (Å²) in [7, 11) is 0. The zero-order valence-electron chi connectivity index (χ0n) is 18.1. The van der Waals surface area contributed by atoms with E-state index in [2.05, 4.69) is 5.10 Å². The highest BCUT2D eigenvalue weighted by Crippen LogP contribution is 2.43. The Bertz CT molecular complexity index is 659. The number of carbonyl (C=O) groups is 1. The number of rotatable bonds is 2. The quantitative estimate of drug-likeness (QED) is 0.641. The second-order valence-electron chi connectivity index (χ2n) is 8.65. The molecule has 0 bridgehead atoms. The minimum Gasteiger partial charge on any atom is -0.444 e. The molecule has 1 saturated carbocycles. The first-order valence-corrected chi connectivity index (χ1v) is 10.5. The number of hydrogen-bond acceptors (Lipinski definition) is 3. The van der Waals surface area contributed by atoms with Crippen molar-refractivity contribution in [3.8, 4) is 0 Å². The van der Waals surface area contributed by atoms with Gasteiger partial charge in [-0.3, -0.25) is 4.68 Å². The zero-order valence-corrected chi connectivity index (χ0v) is 18.1. The summed E-state index contributed by atoms with van der Waals surface area (Å²) in [5.41, 5.74) is 1.40. The van der Waals surface area contributed by atoms with E-state index < -0.39 is 11.5 Å². The monoisotopic (exact) mass is 399 g/mol. The third kappa shape index (κ3) is 5.67. The van der Waals surface area contributed by atoms with Crippen LogP contribution in [-0.4, -0.2) is 45.4 Å². The van der Waals surface area contributed by atoms with Gasteiger partial charge in [-0.2, -0.15) is 5.10 Å². The summed E-state index contributed by atoms with van der Waals surface area (Å²) in [6.07, 6.45) is 1.60. The molecule has 1 amide bonds. The third-order valence-corrected chi connectivity index (χ3v) is 5.18. The molecule has 160 valence electrons. The summed E-state index contributed by atoms with van der Waals surface area (Å²) < 4.78 is 34.5. The Hall–Kier alpha value is -1.66. The normalized spacial score (nSPS) is 22.6. The predicted octanol–water partition coefficient (Wildman–Crippen LogP) is 5.69. The molecule has 1 aliphatic carbocycles. The largest absolute Gasteiger partial charge is 0.444 e. The first-order valence-electron chi connectivity index (χ1n) is 10.5. The van der Waals surface area contributed by atoms with Crippen molar-refractivity contribution in [3.63, 3.8) is 0 Å². The van der Waals surface area contributed by atoms with Crippen LogP contribution in [0.1, 0.15) is 90.1 Å². The topological polar surface area (TPSA) is 47.4 Å². The molecule has 2 aliphatic rings. The van der Waals surface area contributed by atoms with Crippen molar-refractivity contribution in [2.45, 2.75) is 97.1 Å². The summed E-state index contributed by atoms with van der Waals surface area (Å²) in [4.78, 5) is 13.9. The molecule has 7 heteroatoms. The molecule has 1 aromatic heterocycles. The molecule has 1 saturated heterocycles. The highest BCUT2D eigenvalue weighted by atomic mass is 19.3. The van der Waals surface area contributed by atoms with E-state index in [0.29, 0.717) is 19.5 Å². The van der Waals surface area contributed by atoms with Crippen LogP contribution in [-0.2, 0) is 4.74 Å². The first-order chi connectivity index (χ1) is 13.0. The molecule has 1 aromatic rings. The van der Waals surface area contributed by atoms with Gasteiger partial charge in [-0.15, -0.1) is 0 Å². The number of halogens is 2. The van der Waals surface area contributed by atoms with Gasteiger partial charge in [-0.25, -0.2) is 13.6 Å². The fourth-order valence-electron chi connectivity index (χ4n) is 3.95. The molecule has 0 radical (unpaired) electrons. The van der Waals surface area contributed by atoms with Crippen LogP contribution in [0.2, 0.25) is 0 Å². The van der Waals surface area contributed by atoms with Crippen molar-refractivity contribution in [1.82, 2.24) is 14.7 Å². The summed E-state index contributed by atoms with van der Waals surface area (Å²) in [6, 6.07) is 1.79. The van der Waals surface area contributed by atoms with Gasteiger partial charge >= 0.3 is 6.09 Å². The van der Waals surface area contributed by atoms with Crippen molar-refractivity contribution < 1.29 is 18.3 Å². The van der Waals surface area contributed by atoms with Gasteiger partial charge in [0.1, 0.15) is 5.60 Å². The van der Waals surface area contributed by atoms with Crippen molar-refractivity contribution >= 4 is 6.09 Å². The van der Waals surface area contributed by atoms with E-state index in [1.54, 1.807) is 4.90 Å². The molecular formula is C21H35F2N3O2. The minimum absolute atomic E-state index is 0.0624. The molecule has 5 nitrogen and oxygen atoms in total. The summed E-state index contributed by atoms with van der Waals surface area (Å²) in [6.45, 7) is 12.7. The smallest absolute Gasteiger partial charge is 0.410 e. The van der Waals surface area contributed by atoms with E-state index in [-0.39, 0.29) is 30.9 Å². The molecule has 28 heavy (non-hydrogen) atoms. The van der Waals surface area contributed by atoms with E-state index in [1.165, 1.54) is 0 Å². The van der Waals surface area contributed by atoms with Crippen LogP contribution < -0.4 is 0 Å². The highest BCUT2D eigenvalue weighted by molar-refractivity contribution is 5.68. The molecule has 1 unspecified atom stereocenters. The van der Waals surface area contributed by atoms with Crippen LogP contribution in [0.5, 0.6) is 0 Å². The Morgan fingerprint density at radius 2 is 1.82 bits per heavy atom. The number of carbonyl (C=O) groups excluding carboxylic acids is 1. The van der Waals surface area contributed by atoms with Gasteiger partial charge in [0, 0.05) is 37.5 Å². The Kier molecular flexibility index (Phi) is 7.10. The maximum absolute atomic E-state index is 13.6. The van der Waals surface area contributed by atoms with Gasteiger partial charge in [-0.1, -0.05) is 13.8 Å². The molecule has 2 fully saturated rings. The lowest BCUT2D eigenvalue weighted by atomic mass is 9.93. The van der Waals surface area contributed by atoms with Crippen molar-refractivity contribution in [1.29, 1.82) is 0 Å². The van der Waals surface area contributed by atoms with Gasteiger partial charge in [0.25, 0.3) is 0 Å². The standard InChI is InChI=1S/C19H29F2N3O2.C2H6/c1-13-11-16(24(22-13)15-5-8-19(20,21)12-15)14-6-9-23(10-7-14)17(25)26-18(2,3)4;1-2/h11,14-15H,5-10,12H2,1-4H3;1-2H3. The third-order valence-electron chi connectivity index (χ3n) is 5.18. The van der Waals surface area contributed by atoms with Crippen LogP contribution >= 0.6 is 0 Å². The average molecular weight is 400 g/mol. The molecule has 0 aromatic carbocycles. The molecule has 0 N–H and O–H groups in total. The zero-order chi connectivity index (χ0) is 21.1. The lowest BCUT2D eigenvalue weighted by molar-refractivity contribution is 0.00476. The lowest BCUT2D eigenvalue weighted by Crippen LogP contribution is -2.41. The van der Waals surface area contributed by atoms with Gasteiger partial charge in [0.05, 0.1) is 11.7 Å². The van der Waals surface area contributed by atoms with Crippen molar-refractivity contribution in [3.05, 3.63) is 17.5 Å². The van der Waals surface area contributed by atoms with Gasteiger partial charge in [0.15, 0.2) is 0 Å². The Balaban J connectivity index is 0.00000136. The van der Waals surface area contributed by atoms with Crippen LogP contribution in [0.15, 0.2) is 6.07 Å². The molecule has 1 aliphatic heterocycles. The lowest BCUT2D eigenvalue weighted by Gasteiger charge is -2.34. The number of aryl methyl sites for hydroxylation is 1. The van der Waals surface area contributed by atoms with E-state index >= 15 is 0 Å². The summed E-state index contributed by atoms with van der Waals surface area (Å²) in [5.74, 6) is -2.34. The second-order valence-corrected chi connectivity index (χ2v) is 8.65. The van der Waals surface area contributed by atoms with E-state index in [1.807, 2.05) is 52.3 Å². The summed E-state index contributed by atoms with van der Waals surface area (Å²) >= 11 is 0. The highest BCUT2D eigenvalue weighted by Gasteiger charge is 2.42. The number of alkyl halides is 2. The SMILES string of the molecule is CC.Cc1cc(C2CCN(C(=O)OC(C)(C)C)CC2)n(C2CCC(F)(F)C2)n1. The first kappa shape index (κ1) is 22.6. The maximum atomic E-state index is 13.6. The van der Waals surface area contributed by atoms with Gasteiger partial charge in [0.2, 0.25) is 5.92 Å². The number of amides is 1. The number of hydrogen-bond donors (Lipinski definition) is 0. The van der Waals surface area contributed by atoms with Crippen LogP contribution in [0.25, 0.3) is 0 Å². The molecule has 1 atom stereocenters. The fraction of sp³-hybridized carbons (Fsp3) is 0.810. The number of likely N-dealkylation sites (tertiary alicyclic amines) is 1. The molecule has 3 rings (SSSR count). The van der Waals surface area contributed by atoms with Crippen LogP contribution in [0.3, 0.4) is 0 Å². The Labute approximate surface area is 167 Å². The van der Waals surface area contributed by atoms with Gasteiger partial charge < -0.3 is 9.64 Å². The van der Waals surface area contributed by atoms with Crippen LogP contribution in [0.4, 0.5) is 13.6 Å².